The second-order valence-corrected chi connectivity index (χ2v) is 7.40. The maximum absolute atomic E-state index is 11.6. The molecule has 9 nitrogen and oxygen atoms in total. The van der Waals surface area contributed by atoms with E-state index in [2.05, 4.69) is 36.0 Å². The molecule has 0 unspecified atom stereocenters. The number of nitrogen functional groups attached to an aromatic ring is 1. The molecule has 3 aromatic rings. The van der Waals surface area contributed by atoms with Crippen LogP contribution in [0.15, 0.2) is 27.8 Å². The summed E-state index contributed by atoms with van der Waals surface area (Å²) in [7, 11) is -2.03. The third-order valence-corrected chi connectivity index (χ3v) is 4.42. The maximum atomic E-state index is 11.6. The van der Waals surface area contributed by atoms with Crippen LogP contribution in [-0.2, 0) is 9.84 Å². The van der Waals surface area contributed by atoms with Crippen molar-refractivity contribution < 1.29 is 13.2 Å². The molecule has 23 heavy (non-hydrogen) atoms. The van der Waals surface area contributed by atoms with E-state index in [4.69, 9.17) is 10.5 Å². The Bertz CT molecular complexity index is 1020. The fourth-order valence-electron chi connectivity index (χ4n) is 1.88. The summed E-state index contributed by atoms with van der Waals surface area (Å²) in [6.45, 7) is 0. The number of benzene rings is 1. The second-order valence-electron chi connectivity index (χ2n) is 4.63. The van der Waals surface area contributed by atoms with Gasteiger partial charge in [-0.3, -0.25) is 0 Å². The van der Waals surface area contributed by atoms with Gasteiger partial charge in [-0.25, -0.2) is 8.42 Å². The molecule has 0 aliphatic heterocycles. The molecule has 0 saturated heterocycles. The van der Waals surface area contributed by atoms with Crippen molar-refractivity contribution in [1.29, 1.82) is 0 Å². The molecular weight excluding hydrogens is 388 g/mol. The summed E-state index contributed by atoms with van der Waals surface area (Å²) in [5.41, 5.74) is 6.42. The van der Waals surface area contributed by atoms with Crippen molar-refractivity contribution in [3.63, 3.8) is 0 Å². The fourth-order valence-corrected chi connectivity index (χ4v) is 2.93. The fraction of sp³-hybridized carbons (Fsp3) is 0.167. The van der Waals surface area contributed by atoms with Gasteiger partial charge < -0.3 is 10.5 Å². The number of methoxy groups -OCH3 is 1. The summed E-state index contributed by atoms with van der Waals surface area (Å²) in [4.78, 5) is 11.8. The van der Waals surface area contributed by atoms with Gasteiger partial charge in [-0.2, -0.15) is 19.5 Å². The lowest BCUT2D eigenvalue weighted by molar-refractivity contribution is 0.412. The van der Waals surface area contributed by atoms with Crippen LogP contribution in [0.25, 0.3) is 17.2 Å². The van der Waals surface area contributed by atoms with Gasteiger partial charge in [-0.15, -0.1) is 5.10 Å². The zero-order valence-electron chi connectivity index (χ0n) is 12.1. The number of rotatable bonds is 3. The van der Waals surface area contributed by atoms with E-state index in [-0.39, 0.29) is 11.7 Å². The molecule has 2 aromatic heterocycles. The molecule has 0 spiro atoms. The number of hydrogen-bond acceptors (Lipinski definition) is 8. The first-order valence-electron chi connectivity index (χ1n) is 6.24. The molecule has 0 atom stereocenters. The smallest absolute Gasteiger partial charge is 0.258 e. The Balaban J connectivity index is 2.17. The minimum absolute atomic E-state index is 0.0554. The van der Waals surface area contributed by atoms with E-state index in [0.717, 1.165) is 10.7 Å². The van der Waals surface area contributed by atoms with Gasteiger partial charge in [0.15, 0.2) is 5.82 Å². The van der Waals surface area contributed by atoms with Crippen LogP contribution >= 0.6 is 15.9 Å². The van der Waals surface area contributed by atoms with Crippen molar-refractivity contribution in [3.05, 3.63) is 22.7 Å². The van der Waals surface area contributed by atoms with Gasteiger partial charge >= 0.3 is 0 Å². The van der Waals surface area contributed by atoms with E-state index >= 15 is 0 Å². The summed E-state index contributed by atoms with van der Waals surface area (Å²) in [6, 6.07) is 5.29. The Kier molecular flexibility index (Phi) is 3.68. The van der Waals surface area contributed by atoms with Gasteiger partial charge in [0.25, 0.3) is 10.9 Å². The Morgan fingerprint density at radius 2 is 2.00 bits per heavy atom. The first-order chi connectivity index (χ1) is 10.8. The Morgan fingerprint density at radius 3 is 2.61 bits per heavy atom. The first kappa shape index (κ1) is 15.6. The van der Waals surface area contributed by atoms with E-state index in [1.807, 2.05) is 0 Å². The topological polar surface area (TPSA) is 125 Å². The zero-order valence-corrected chi connectivity index (χ0v) is 14.5. The van der Waals surface area contributed by atoms with E-state index in [1.165, 1.54) is 4.52 Å². The number of anilines is 1. The van der Waals surface area contributed by atoms with Crippen molar-refractivity contribution >= 4 is 37.5 Å². The van der Waals surface area contributed by atoms with Gasteiger partial charge in [-0.05, 0) is 34.1 Å². The standard InChI is InChI=1S/C12H11BrN6O3S/c1-22-8-4-3-6(5-7(8)13)9-15-11-17-12(23(2,20)21)16-10(14)19(11)18-9/h3-5H,1-2H3,(H2,14,15,16,17,18). The molecule has 1 aromatic carbocycles. The predicted molar refractivity (Wildman–Crippen MR) is 85.8 cm³/mol. The first-order valence-corrected chi connectivity index (χ1v) is 8.92. The second kappa shape index (κ2) is 5.42. The number of hydrogen-bond donors (Lipinski definition) is 1. The molecular formula is C12H11BrN6O3S. The van der Waals surface area contributed by atoms with Gasteiger partial charge in [-0.1, -0.05) is 0 Å². The van der Waals surface area contributed by atoms with Crippen LogP contribution in [0.5, 0.6) is 5.75 Å². The molecule has 0 fully saturated rings. The number of fused-ring (bicyclic) bond motifs is 1. The van der Waals surface area contributed by atoms with Crippen molar-refractivity contribution in [2.24, 2.45) is 0 Å². The molecule has 11 heteroatoms. The largest absolute Gasteiger partial charge is 0.496 e. The lowest BCUT2D eigenvalue weighted by atomic mass is 10.2. The molecule has 120 valence electrons. The lowest BCUT2D eigenvalue weighted by Gasteiger charge is -2.03. The molecule has 2 N–H and O–H groups in total. The normalized spacial score (nSPS) is 11.8. The zero-order chi connectivity index (χ0) is 16.8. The lowest BCUT2D eigenvalue weighted by Crippen LogP contribution is -2.11. The van der Waals surface area contributed by atoms with E-state index in [1.54, 1.807) is 25.3 Å². The number of aromatic nitrogens is 5. The maximum Gasteiger partial charge on any atom is 0.258 e. The highest BCUT2D eigenvalue weighted by atomic mass is 79.9. The van der Waals surface area contributed by atoms with Crippen molar-refractivity contribution in [3.8, 4) is 17.1 Å². The molecule has 0 bridgehead atoms. The molecule has 0 saturated carbocycles. The highest BCUT2D eigenvalue weighted by Crippen LogP contribution is 2.29. The molecule has 0 aliphatic carbocycles. The van der Waals surface area contributed by atoms with Crippen LogP contribution in [0, 0.1) is 0 Å². The van der Waals surface area contributed by atoms with Crippen LogP contribution in [0.2, 0.25) is 0 Å². The van der Waals surface area contributed by atoms with Crippen LogP contribution in [0.3, 0.4) is 0 Å². The molecule has 0 aliphatic rings. The van der Waals surface area contributed by atoms with Crippen LogP contribution < -0.4 is 10.5 Å². The number of sulfone groups is 1. The van der Waals surface area contributed by atoms with Gasteiger partial charge in [0.2, 0.25) is 15.8 Å². The van der Waals surface area contributed by atoms with E-state index < -0.39 is 15.0 Å². The Labute approximate surface area is 139 Å². The highest BCUT2D eigenvalue weighted by molar-refractivity contribution is 9.10. The summed E-state index contributed by atoms with van der Waals surface area (Å²) >= 11 is 3.38. The predicted octanol–water partition coefficient (Wildman–Crippen LogP) is 0.943. The minimum Gasteiger partial charge on any atom is -0.496 e. The van der Waals surface area contributed by atoms with Crippen molar-refractivity contribution in [1.82, 2.24) is 24.6 Å². The minimum atomic E-state index is -3.60. The summed E-state index contributed by atoms with van der Waals surface area (Å²) in [6.07, 6.45) is 0.996. The van der Waals surface area contributed by atoms with Crippen LogP contribution in [0.4, 0.5) is 5.95 Å². The van der Waals surface area contributed by atoms with Crippen molar-refractivity contribution in [2.75, 3.05) is 19.1 Å². The van der Waals surface area contributed by atoms with E-state index in [0.29, 0.717) is 17.1 Å². The molecule has 0 amide bonds. The number of nitrogens with zero attached hydrogens (tertiary/aromatic N) is 5. The average molecular weight is 399 g/mol. The summed E-state index contributed by atoms with van der Waals surface area (Å²) < 4.78 is 30.2. The monoisotopic (exact) mass is 398 g/mol. The van der Waals surface area contributed by atoms with Gasteiger partial charge in [0.05, 0.1) is 11.6 Å². The summed E-state index contributed by atoms with van der Waals surface area (Å²) in [5.74, 6) is 0.942. The average Bonchev–Trinajstić information content (AvgIpc) is 2.91. The third-order valence-electron chi connectivity index (χ3n) is 2.95. The number of ether oxygens (including phenoxy) is 1. The number of nitrogens with two attached hydrogens (primary N) is 1. The number of halogens is 1. The third kappa shape index (κ3) is 2.84. The van der Waals surface area contributed by atoms with Crippen LogP contribution in [-0.4, -0.2) is 46.3 Å². The van der Waals surface area contributed by atoms with Crippen molar-refractivity contribution in [2.45, 2.75) is 5.16 Å². The quantitative estimate of drug-likeness (QED) is 0.690. The Hall–Kier alpha value is -2.27. The Morgan fingerprint density at radius 1 is 1.26 bits per heavy atom. The van der Waals surface area contributed by atoms with Gasteiger partial charge in [0, 0.05) is 11.8 Å². The molecule has 3 rings (SSSR count). The van der Waals surface area contributed by atoms with E-state index in [9.17, 15) is 8.42 Å². The highest BCUT2D eigenvalue weighted by Gasteiger charge is 2.18. The molecule has 0 radical (unpaired) electrons. The van der Waals surface area contributed by atoms with Crippen LogP contribution in [0.1, 0.15) is 0 Å². The summed E-state index contributed by atoms with van der Waals surface area (Å²) in [5, 5.41) is 3.81. The SMILES string of the molecule is COc1ccc(-c2nc3nc(S(C)(=O)=O)nc(N)n3n2)cc1Br. The van der Waals surface area contributed by atoms with Gasteiger partial charge in [0.1, 0.15) is 5.75 Å². The molecule has 2 heterocycles.